The number of carbonyl (C=O) groups is 1. The molecule has 7 heteroatoms. The molecule has 0 spiro atoms. The normalized spacial score (nSPS) is 13.5. The molecule has 0 bridgehead atoms. The summed E-state index contributed by atoms with van der Waals surface area (Å²) in [4.78, 5) is 21.5. The van der Waals surface area contributed by atoms with Crippen molar-refractivity contribution in [3.63, 3.8) is 0 Å². The Hall–Kier alpha value is -3.74. The number of primary amides is 1. The van der Waals surface area contributed by atoms with E-state index in [1.165, 1.54) is 17.5 Å². The lowest BCUT2D eigenvalue weighted by Gasteiger charge is -2.14. The molecule has 0 atom stereocenters. The number of hydrogen-bond acceptors (Lipinski definition) is 6. The summed E-state index contributed by atoms with van der Waals surface area (Å²) in [7, 11) is 0. The highest BCUT2D eigenvalue weighted by molar-refractivity contribution is 6.06. The molecule has 0 aliphatic heterocycles. The first kappa shape index (κ1) is 19.2. The van der Waals surface area contributed by atoms with Gasteiger partial charge in [0.15, 0.2) is 17.1 Å². The van der Waals surface area contributed by atoms with E-state index in [9.17, 15) is 4.79 Å². The first-order valence-corrected chi connectivity index (χ1v) is 10.6. The lowest BCUT2D eigenvalue weighted by Crippen LogP contribution is -2.11. The fourth-order valence-corrected chi connectivity index (χ4v) is 4.12. The number of hydrogen-bond donors (Lipinski definition) is 2. The zero-order valence-electron chi connectivity index (χ0n) is 17.1. The maximum atomic E-state index is 11.8. The van der Waals surface area contributed by atoms with Crippen molar-refractivity contribution in [2.75, 3.05) is 5.32 Å². The summed E-state index contributed by atoms with van der Waals surface area (Å²) < 4.78 is 5.48. The van der Waals surface area contributed by atoms with E-state index in [-0.39, 0.29) is 0 Å². The molecule has 2 aromatic carbocycles. The Labute approximate surface area is 179 Å². The Kier molecular flexibility index (Phi) is 5.08. The van der Waals surface area contributed by atoms with E-state index in [2.05, 4.69) is 22.6 Å². The minimum absolute atomic E-state index is 0.299. The van der Waals surface area contributed by atoms with Gasteiger partial charge in [-0.05, 0) is 43.4 Å². The molecule has 0 saturated carbocycles. The standard InChI is InChI=1S/C24H23N5O2/c25-22(30)18-12-7-11-17-20(29-31-21(17)18)24-27-19-13-6-2-5-10-16(19)23(28-24)26-14-15-8-3-1-4-9-15/h1,3-4,7-9,11-12H,2,5-6,10,13-14H2,(H2,25,30)(H,26,27,28). The third kappa shape index (κ3) is 3.74. The number of nitrogens with zero attached hydrogens (tertiary/aromatic N) is 3. The molecule has 0 fully saturated rings. The van der Waals surface area contributed by atoms with E-state index in [0.29, 0.717) is 34.6 Å². The second-order valence-electron chi connectivity index (χ2n) is 7.80. The monoisotopic (exact) mass is 413 g/mol. The van der Waals surface area contributed by atoms with Crippen LogP contribution in [0.25, 0.3) is 22.5 Å². The summed E-state index contributed by atoms with van der Waals surface area (Å²) >= 11 is 0. The van der Waals surface area contributed by atoms with Gasteiger partial charge in [-0.3, -0.25) is 4.79 Å². The van der Waals surface area contributed by atoms with Gasteiger partial charge in [-0.1, -0.05) is 48.0 Å². The van der Waals surface area contributed by atoms with Crippen LogP contribution in [-0.4, -0.2) is 21.0 Å². The predicted molar refractivity (Wildman–Crippen MR) is 119 cm³/mol. The lowest BCUT2D eigenvalue weighted by atomic mass is 10.1. The SMILES string of the molecule is NC(=O)c1cccc2c(-c3nc4c(c(NCc5ccccc5)n3)CCCCC4)noc12. The fourth-order valence-electron chi connectivity index (χ4n) is 4.12. The number of para-hydroxylation sites is 1. The smallest absolute Gasteiger partial charge is 0.252 e. The maximum Gasteiger partial charge on any atom is 0.252 e. The van der Waals surface area contributed by atoms with E-state index in [1.54, 1.807) is 12.1 Å². The van der Waals surface area contributed by atoms with Crippen LogP contribution in [0.4, 0.5) is 5.82 Å². The molecule has 1 amide bonds. The number of nitrogens with one attached hydrogen (secondary N) is 1. The predicted octanol–water partition coefficient (Wildman–Crippen LogP) is 4.26. The molecule has 31 heavy (non-hydrogen) atoms. The molecule has 0 radical (unpaired) electrons. The van der Waals surface area contributed by atoms with Gasteiger partial charge in [0.1, 0.15) is 5.82 Å². The number of amides is 1. The van der Waals surface area contributed by atoms with Crippen molar-refractivity contribution in [3.05, 3.63) is 70.9 Å². The van der Waals surface area contributed by atoms with Gasteiger partial charge >= 0.3 is 0 Å². The third-order valence-corrected chi connectivity index (χ3v) is 5.71. The summed E-state index contributed by atoms with van der Waals surface area (Å²) in [5, 5.41) is 8.40. The highest BCUT2D eigenvalue weighted by atomic mass is 16.5. The first-order chi connectivity index (χ1) is 15.2. The van der Waals surface area contributed by atoms with Gasteiger partial charge in [-0.25, -0.2) is 9.97 Å². The van der Waals surface area contributed by atoms with Crippen LogP contribution < -0.4 is 11.1 Å². The summed E-state index contributed by atoms with van der Waals surface area (Å²) in [6.07, 6.45) is 5.28. The van der Waals surface area contributed by atoms with Crippen LogP contribution in [0, 0.1) is 0 Å². The quantitative estimate of drug-likeness (QED) is 0.473. The number of carbonyl (C=O) groups excluding carboxylic acids is 1. The number of benzene rings is 2. The summed E-state index contributed by atoms with van der Waals surface area (Å²) in [6.45, 7) is 0.676. The minimum atomic E-state index is -0.554. The van der Waals surface area contributed by atoms with Gasteiger partial charge in [-0.2, -0.15) is 0 Å². The van der Waals surface area contributed by atoms with E-state index >= 15 is 0 Å². The number of fused-ring (bicyclic) bond motifs is 2. The van der Waals surface area contributed by atoms with Crippen LogP contribution in [0.2, 0.25) is 0 Å². The Bertz CT molecular complexity index is 1250. The van der Waals surface area contributed by atoms with Crippen LogP contribution in [-0.2, 0) is 19.4 Å². The van der Waals surface area contributed by atoms with Crippen molar-refractivity contribution >= 4 is 22.7 Å². The summed E-state index contributed by atoms with van der Waals surface area (Å²) in [6, 6.07) is 15.5. The average molecular weight is 413 g/mol. The molecular weight excluding hydrogens is 390 g/mol. The van der Waals surface area contributed by atoms with Crippen LogP contribution in [0.3, 0.4) is 0 Å². The summed E-state index contributed by atoms with van der Waals surface area (Å²) in [5.74, 6) is 0.783. The zero-order chi connectivity index (χ0) is 21.2. The van der Waals surface area contributed by atoms with Crippen LogP contribution in [0.5, 0.6) is 0 Å². The van der Waals surface area contributed by atoms with Gasteiger partial charge in [0.05, 0.1) is 10.9 Å². The van der Waals surface area contributed by atoms with Gasteiger partial charge in [0.25, 0.3) is 5.91 Å². The van der Waals surface area contributed by atoms with E-state index in [4.69, 9.17) is 20.2 Å². The van der Waals surface area contributed by atoms with Crippen molar-refractivity contribution in [2.24, 2.45) is 5.73 Å². The minimum Gasteiger partial charge on any atom is -0.366 e. The van der Waals surface area contributed by atoms with Crippen LogP contribution >= 0.6 is 0 Å². The highest BCUT2D eigenvalue weighted by Gasteiger charge is 2.22. The molecule has 1 aliphatic rings. The second-order valence-corrected chi connectivity index (χ2v) is 7.80. The second kappa shape index (κ2) is 8.18. The molecule has 2 heterocycles. The lowest BCUT2D eigenvalue weighted by molar-refractivity contribution is 0.100. The molecule has 0 saturated heterocycles. The van der Waals surface area contributed by atoms with Gasteiger partial charge in [-0.15, -0.1) is 0 Å². The van der Waals surface area contributed by atoms with Gasteiger partial charge < -0.3 is 15.6 Å². The number of anilines is 1. The van der Waals surface area contributed by atoms with Gasteiger partial charge in [0.2, 0.25) is 0 Å². The van der Waals surface area contributed by atoms with E-state index in [0.717, 1.165) is 37.2 Å². The molecule has 156 valence electrons. The molecule has 4 aromatic rings. The number of nitrogens with two attached hydrogens (primary N) is 1. The molecule has 3 N–H and O–H groups in total. The molecular formula is C24H23N5O2. The van der Waals surface area contributed by atoms with Crippen molar-refractivity contribution < 1.29 is 9.32 Å². The van der Waals surface area contributed by atoms with Gasteiger partial charge in [0, 0.05) is 17.8 Å². The zero-order valence-corrected chi connectivity index (χ0v) is 17.1. The number of aromatic nitrogens is 3. The molecule has 0 unspecified atom stereocenters. The molecule has 5 rings (SSSR count). The van der Waals surface area contributed by atoms with Crippen LogP contribution in [0.15, 0.2) is 53.1 Å². The van der Waals surface area contributed by atoms with Crippen molar-refractivity contribution in [1.82, 2.24) is 15.1 Å². The molecule has 1 aliphatic carbocycles. The fraction of sp³-hybridized carbons (Fsp3) is 0.250. The van der Waals surface area contributed by atoms with Crippen molar-refractivity contribution in [1.29, 1.82) is 0 Å². The summed E-state index contributed by atoms with van der Waals surface area (Å²) in [5.41, 5.74) is 10.1. The Morgan fingerprint density at radius 1 is 1.00 bits per heavy atom. The van der Waals surface area contributed by atoms with Crippen molar-refractivity contribution in [2.45, 2.75) is 38.6 Å². The number of rotatable bonds is 5. The Morgan fingerprint density at radius 3 is 2.68 bits per heavy atom. The largest absolute Gasteiger partial charge is 0.366 e. The topological polar surface area (TPSA) is 107 Å². The first-order valence-electron chi connectivity index (χ1n) is 10.6. The highest BCUT2D eigenvalue weighted by Crippen LogP contribution is 2.32. The maximum absolute atomic E-state index is 11.8. The Balaban J connectivity index is 1.59. The van der Waals surface area contributed by atoms with E-state index in [1.807, 2.05) is 24.3 Å². The third-order valence-electron chi connectivity index (χ3n) is 5.71. The molecule has 2 aromatic heterocycles. The average Bonchev–Trinajstić information content (AvgIpc) is 3.08. The van der Waals surface area contributed by atoms with E-state index < -0.39 is 5.91 Å². The Morgan fingerprint density at radius 2 is 1.84 bits per heavy atom. The van der Waals surface area contributed by atoms with Crippen molar-refractivity contribution in [3.8, 4) is 11.5 Å². The molecule has 7 nitrogen and oxygen atoms in total. The number of aryl methyl sites for hydroxylation is 1. The van der Waals surface area contributed by atoms with Crippen LogP contribution in [0.1, 0.15) is 46.4 Å².